The average molecular weight is 264 g/mol. The van der Waals surface area contributed by atoms with Crippen LogP contribution in [0.2, 0.25) is 0 Å². The van der Waals surface area contributed by atoms with Gasteiger partial charge in [0.2, 0.25) is 0 Å². The van der Waals surface area contributed by atoms with E-state index in [4.69, 9.17) is 0 Å². The van der Waals surface area contributed by atoms with Gasteiger partial charge in [-0.25, -0.2) is 4.39 Å². The molecule has 2 rings (SSSR count). The van der Waals surface area contributed by atoms with Crippen molar-refractivity contribution in [1.82, 2.24) is 0 Å². The molecule has 0 aromatic heterocycles. The molecular weight excluding hydrogens is 239 g/mol. The van der Waals surface area contributed by atoms with E-state index in [1.54, 1.807) is 6.07 Å². The minimum atomic E-state index is -0.727. The molecule has 1 fully saturated rings. The summed E-state index contributed by atoms with van der Waals surface area (Å²) in [6.07, 6.45) is 6.49. The smallest absolute Gasteiger partial charge is 0.123 e. The first-order chi connectivity index (χ1) is 9.03. The normalized spacial score (nSPS) is 26.9. The molecule has 1 aliphatic carbocycles. The summed E-state index contributed by atoms with van der Waals surface area (Å²) in [4.78, 5) is 0. The van der Waals surface area contributed by atoms with E-state index in [-0.39, 0.29) is 5.82 Å². The molecule has 1 aliphatic rings. The number of rotatable bonds is 4. The fraction of sp³-hybridized carbons (Fsp3) is 0.647. The van der Waals surface area contributed by atoms with E-state index < -0.39 is 5.60 Å². The number of aliphatic hydroxyl groups is 1. The summed E-state index contributed by atoms with van der Waals surface area (Å²) in [6.45, 7) is 4.14. The average Bonchev–Trinajstić information content (AvgIpc) is 2.38. The van der Waals surface area contributed by atoms with Crippen LogP contribution in [0.5, 0.6) is 0 Å². The third-order valence-corrected chi connectivity index (χ3v) is 4.68. The van der Waals surface area contributed by atoms with Crippen LogP contribution in [0, 0.1) is 17.7 Å². The fourth-order valence-electron chi connectivity index (χ4n) is 3.71. The standard InChI is InChI=1S/C17H25FO/c1-3-14-8-4-5-10-16(14)17(2,19)12-13-7-6-9-15(18)11-13/h6-7,9,11,14,16,19H,3-5,8,10,12H2,1-2H3. The van der Waals surface area contributed by atoms with Gasteiger partial charge in [-0.1, -0.05) is 44.7 Å². The number of benzene rings is 1. The Bertz CT molecular complexity index is 413. The van der Waals surface area contributed by atoms with E-state index in [9.17, 15) is 9.50 Å². The molecule has 1 aromatic carbocycles. The zero-order chi connectivity index (χ0) is 13.9. The quantitative estimate of drug-likeness (QED) is 0.858. The van der Waals surface area contributed by atoms with Crippen LogP contribution in [-0.4, -0.2) is 10.7 Å². The van der Waals surface area contributed by atoms with E-state index in [2.05, 4.69) is 6.92 Å². The highest BCUT2D eigenvalue weighted by Crippen LogP contribution is 2.40. The molecule has 19 heavy (non-hydrogen) atoms. The lowest BCUT2D eigenvalue weighted by molar-refractivity contribution is -0.0430. The van der Waals surface area contributed by atoms with Crippen molar-refractivity contribution in [2.75, 3.05) is 0 Å². The Labute approximate surface area is 115 Å². The van der Waals surface area contributed by atoms with Crippen LogP contribution >= 0.6 is 0 Å². The van der Waals surface area contributed by atoms with Crippen molar-refractivity contribution in [3.63, 3.8) is 0 Å². The first-order valence-corrected chi connectivity index (χ1v) is 7.49. The van der Waals surface area contributed by atoms with Gasteiger partial charge in [-0.2, -0.15) is 0 Å². The molecule has 0 saturated heterocycles. The second kappa shape index (κ2) is 6.04. The Morgan fingerprint density at radius 2 is 2.05 bits per heavy atom. The first-order valence-electron chi connectivity index (χ1n) is 7.49. The van der Waals surface area contributed by atoms with Gasteiger partial charge in [0, 0.05) is 6.42 Å². The molecule has 0 amide bonds. The molecule has 1 N–H and O–H groups in total. The highest BCUT2D eigenvalue weighted by Gasteiger charge is 2.38. The SMILES string of the molecule is CCC1CCCCC1C(C)(O)Cc1cccc(F)c1. The van der Waals surface area contributed by atoms with Gasteiger partial charge < -0.3 is 5.11 Å². The zero-order valence-electron chi connectivity index (χ0n) is 12.0. The van der Waals surface area contributed by atoms with Crippen molar-refractivity contribution < 1.29 is 9.50 Å². The van der Waals surface area contributed by atoms with Gasteiger partial charge in [0.15, 0.2) is 0 Å². The molecule has 1 nitrogen and oxygen atoms in total. The van der Waals surface area contributed by atoms with Gasteiger partial charge >= 0.3 is 0 Å². The van der Waals surface area contributed by atoms with E-state index >= 15 is 0 Å². The summed E-state index contributed by atoms with van der Waals surface area (Å²) in [5.74, 6) is 0.732. The molecule has 1 saturated carbocycles. The summed E-state index contributed by atoms with van der Waals surface area (Å²) in [7, 11) is 0. The minimum Gasteiger partial charge on any atom is -0.390 e. The molecule has 0 spiro atoms. The van der Waals surface area contributed by atoms with Crippen LogP contribution in [0.4, 0.5) is 4.39 Å². The molecule has 106 valence electrons. The Morgan fingerprint density at radius 1 is 1.32 bits per heavy atom. The topological polar surface area (TPSA) is 20.2 Å². The molecule has 0 heterocycles. The molecular formula is C17H25FO. The predicted molar refractivity (Wildman–Crippen MR) is 76.5 cm³/mol. The van der Waals surface area contributed by atoms with Crippen molar-refractivity contribution in [3.05, 3.63) is 35.6 Å². The van der Waals surface area contributed by atoms with E-state index in [0.717, 1.165) is 18.4 Å². The molecule has 0 bridgehead atoms. The van der Waals surface area contributed by atoms with Crippen molar-refractivity contribution in [2.24, 2.45) is 11.8 Å². The Kier molecular flexibility index (Phi) is 4.62. The Hall–Kier alpha value is -0.890. The number of hydrogen-bond acceptors (Lipinski definition) is 1. The van der Waals surface area contributed by atoms with Crippen LogP contribution < -0.4 is 0 Å². The third kappa shape index (κ3) is 3.56. The summed E-state index contributed by atoms with van der Waals surface area (Å²) >= 11 is 0. The van der Waals surface area contributed by atoms with Gasteiger partial charge in [-0.15, -0.1) is 0 Å². The maximum absolute atomic E-state index is 13.2. The highest BCUT2D eigenvalue weighted by atomic mass is 19.1. The predicted octanol–water partition coefficient (Wildman–Crippen LogP) is 4.34. The summed E-state index contributed by atoms with van der Waals surface area (Å²) < 4.78 is 13.2. The lowest BCUT2D eigenvalue weighted by atomic mass is 9.68. The van der Waals surface area contributed by atoms with Gasteiger partial charge in [-0.05, 0) is 42.9 Å². The van der Waals surface area contributed by atoms with E-state index in [1.165, 1.54) is 31.4 Å². The largest absolute Gasteiger partial charge is 0.390 e. The molecule has 0 aliphatic heterocycles. The summed E-state index contributed by atoms with van der Waals surface area (Å²) in [6, 6.07) is 6.62. The zero-order valence-corrected chi connectivity index (χ0v) is 12.0. The van der Waals surface area contributed by atoms with Gasteiger partial charge in [0.05, 0.1) is 5.60 Å². The maximum atomic E-state index is 13.2. The molecule has 2 heteroatoms. The van der Waals surface area contributed by atoms with Crippen molar-refractivity contribution in [1.29, 1.82) is 0 Å². The molecule has 0 radical (unpaired) electrons. The lowest BCUT2D eigenvalue weighted by Gasteiger charge is -2.41. The van der Waals surface area contributed by atoms with Crippen molar-refractivity contribution in [2.45, 2.75) is 58.0 Å². The second-order valence-electron chi connectivity index (χ2n) is 6.22. The lowest BCUT2D eigenvalue weighted by Crippen LogP contribution is -2.42. The van der Waals surface area contributed by atoms with Crippen molar-refractivity contribution in [3.8, 4) is 0 Å². The van der Waals surface area contributed by atoms with Gasteiger partial charge in [-0.3, -0.25) is 0 Å². The maximum Gasteiger partial charge on any atom is 0.123 e. The van der Waals surface area contributed by atoms with Crippen LogP contribution in [0.25, 0.3) is 0 Å². The van der Waals surface area contributed by atoms with Crippen LogP contribution in [-0.2, 0) is 6.42 Å². The number of hydrogen-bond donors (Lipinski definition) is 1. The number of halogens is 1. The van der Waals surface area contributed by atoms with Crippen LogP contribution in [0.1, 0.15) is 51.5 Å². The van der Waals surface area contributed by atoms with E-state index in [1.807, 2.05) is 13.0 Å². The third-order valence-electron chi connectivity index (χ3n) is 4.68. The highest BCUT2D eigenvalue weighted by molar-refractivity contribution is 5.18. The van der Waals surface area contributed by atoms with Gasteiger partial charge in [0.1, 0.15) is 5.82 Å². The second-order valence-corrected chi connectivity index (χ2v) is 6.22. The van der Waals surface area contributed by atoms with Crippen LogP contribution in [0.15, 0.2) is 24.3 Å². The minimum absolute atomic E-state index is 0.219. The first kappa shape index (κ1) is 14.5. The van der Waals surface area contributed by atoms with Gasteiger partial charge in [0.25, 0.3) is 0 Å². The van der Waals surface area contributed by atoms with E-state index in [0.29, 0.717) is 18.3 Å². The Balaban J connectivity index is 2.12. The Morgan fingerprint density at radius 3 is 2.74 bits per heavy atom. The molecule has 1 aromatic rings. The summed E-state index contributed by atoms with van der Waals surface area (Å²) in [5, 5.41) is 10.9. The van der Waals surface area contributed by atoms with Crippen molar-refractivity contribution >= 4 is 0 Å². The molecule has 3 atom stereocenters. The fourth-order valence-corrected chi connectivity index (χ4v) is 3.71. The monoisotopic (exact) mass is 264 g/mol. The van der Waals surface area contributed by atoms with Crippen LogP contribution in [0.3, 0.4) is 0 Å². The summed E-state index contributed by atoms with van der Waals surface area (Å²) in [5.41, 5.74) is 0.167. The molecule has 3 unspecified atom stereocenters.